The molecule has 0 bridgehead atoms. The summed E-state index contributed by atoms with van der Waals surface area (Å²) in [6.07, 6.45) is -0.0715. The molecule has 8 heteroatoms. The van der Waals surface area contributed by atoms with E-state index in [-0.39, 0.29) is 30.1 Å². The number of hydrogen-bond acceptors (Lipinski definition) is 4. The number of thiophene rings is 1. The van der Waals surface area contributed by atoms with E-state index in [2.05, 4.69) is 10.1 Å². The molecule has 0 radical (unpaired) electrons. The van der Waals surface area contributed by atoms with Gasteiger partial charge in [0.2, 0.25) is 5.91 Å². The Balaban J connectivity index is 1.91. The van der Waals surface area contributed by atoms with E-state index in [0.717, 1.165) is 11.3 Å². The number of hydrogen-bond donors (Lipinski definition) is 1. The zero-order valence-corrected chi connectivity index (χ0v) is 13.3. The van der Waals surface area contributed by atoms with Gasteiger partial charge in [0.1, 0.15) is 5.75 Å². The number of nitrogens with one attached hydrogen (secondary N) is 1. The summed E-state index contributed by atoms with van der Waals surface area (Å²) in [5, 5.41) is 2.46. The third kappa shape index (κ3) is 5.30. The van der Waals surface area contributed by atoms with Gasteiger partial charge in [0.05, 0.1) is 14.9 Å². The number of rotatable bonds is 7. The van der Waals surface area contributed by atoms with E-state index in [1.54, 1.807) is 18.2 Å². The van der Waals surface area contributed by atoms with Crippen molar-refractivity contribution in [3.05, 3.63) is 45.6 Å². The zero-order valence-electron chi connectivity index (χ0n) is 11.7. The van der Waals surface area contributed by atoms with Crippen molar-refractivity contribution in [2.24, 2.45) is 0 Å². The Kier molecular flexibility index (Phi) is 6.06. The van der Waals surface area contributed by atoms with Crippen LogP contribution in [0.15, 0.2) is 36.4 Å². The molecular formula is C15H12ClF2NO3S. The second-order valence-electron chi connectivity index (χ2n) is 4.45. The van der Waals surface area contributed by atoms with E-state index in [9.17, 15) is 18.4 Å². The van der Waals surface area contributed by atoms with Crippen LogP contribution in [0.5, 0.6) is 5.75 Å². The summed E-state index contributed by atoms with van der Waals surface area (Å²) in [6, 6.07) is 9.05. The van der Waals surface area contributed by atoms with Gasteiger partial charge in [-0.2, -0.15) is 8.78 Å². The molecule has 0 unspecified atom stereocenters. The largest absolute Gasteiger partial charge is 0.433 e. The van der Waals surface area contributed by atoms with Crippen LogP contribution in [-0.4, -0.2) is 18.3 Å². The Morgan fingerprint density at radius 3 is 2.57 bits per heavy atom. The molecule has 0 atom stereocenters. The van der Waals surface area contributed by atoms with Gasteiger partial charge >= 0.3 is 6.61 Å². The first kappa shape index (κ1) is 17.4. The van der Waals surface area contributed by atoms with Gasteiger partial charge in [0.25, 0.3) is 0 Å². The standard InChI is InChI=1S/C15H12ClF2NO3S/c16-13-7-6-12(23-13)10(20)5-8-14(21)19-9-3-1-2-4-11(9)22-15(17)18/h1-4,6-7,15H,5,8H2,(H,19,21). The molecule has 2 rings (SSSR count). The number of carbonyl (C=O) groups excluding carboxylic acids is 2. The highest BCUT2D eigenvalue weighted by atomic mass is 35.5. The molecule has 1 aromatic carbocycles. The third-order valence-corrected chi connectivity index (χ3v) is 4.08. The minimum Gasteiger partial charge on any atom is -0.433 e. The van der Waals surface area contributed by atoms with Gasteiger partial charge < -0.3 is 10.1 Å². The van der Waals surface area contributed by atoms with Gasteiger partial charge in [-0.15, -0.1) is 11.3 Å². The average Bonchev–Trinajstić information content (AvgIpc) is 2.93. The minimum absolute atomic E-state index is 0.000542. The van der Waals surface area contributed by atoms with Crippen LogP contribution in [0.4, 0.5) is 14.5 Å². The van der Waals surface area contributed by atoms with Gasteiger partial charge in [-0.25, -0.2) is 0 Å². The number of ketones is 1. The Labute approximate surface area is 140 Å². The second kappa shape index (κ2) is 8.03. The van der Waals surface area contributed by atoms with Crippen molar-refractivity contribution in [2.75, 3.05) is 5.32 Å². The summed E-state index contributed by atoms with van der Waals surface area (Å²) < 4.78 is 29.4. The predicted molar refractivity (Wildman–Crippen MR) is 84.6 cm³/mol. The highest BCUT2D eigenvalue weighted by Gasteiger charge is 2.14. The van der Waals surface area contributed by atoms with Gasteiger partial charge in [0, 0.05) is 12.8 Å². The SMILES string of the molecule is O=C(CCC(=O)c1ccc(Cl)s1)Nc1ccccc1OC(F)F. The summed E-state index contributed by atoms with van der Waals surface area (Å²) >= 11 is 6.89. The lowest BCUT2D eigenvalue weighted by Crippen LogP contribution is -2.14. The first-order chi connectivity index (χ1) is 11.0. The summed E-state index contributed by atoms with van der Waals surface area (Å²) in [5.41, 5.74) is 0.129. The molecule has 0 aliphatic rings. The summed E-state index contributed by atoms with van der Waals surface area (Å²) in [7, 11) is 0. The van der Waals surface area contributed by atoms with E-state index in [1.807, 2.05) is 0 Å². The topological polar surface area (TPSA) is 55.4 Å². The van der Waals surface area contributed by atoms with E-state index in [1.165, 1.54) is 18.2 Å². The number of alkyl halides is 2. The highest BCUT2D eigenvalue weighted by molar-refractivity contribution is 7.18. The smallest absolute Gasteiger partial charge is 0.387 e. The van der Waals surface area contributed by atoms with Crippen molar-refractivity contribution < 1.29 is 23.1 Å². The average molecular weight is 360 g/mol. The Morgan fingerprint density at radius 2 is 1.91 bits per heavy atom. The van der Waals surface area contributed by atoms with Gasteiger partial charge in [-0.05, 0) is 24.3 Å². The molecule has 2 aromatic rings. The summed E-state index contributed by atoms with van der Waals surface area (Å²) in [5.74, 6) is -0.798. The van der Waals surface area contributed by atoms with E-state index in [4.69, 9.17) is 11.6 Å². The summed E-state index contributed by atoms with van der Waals surface area (Å²) in [4.78, 5) is 24.2. The van der Waals surface area contributed by atoms with Crippen LogP contribution in [0.25, 0.3) is 0 Å². The van der Waals surface area contributed by atoms with Crippen LogP contribution in [0.1, 0.15) is 22.5 Å². The first-order valence-electron chi connectivity index (χ1n) is 6.58. The lowest BCUT2D eigenvalue weighted by atomic mass is 10.2. The number of anilines is 1. The highest BCUT2D eigenvalue weighted by Crippen LogP contribution is 2.26. The maximum absolute atomic E-state index is 12.3. The van der Waals surface area contributed by atoms with Crippen LogP contribution in [-0.2, 0) is 4.79 Å². The molecule has 23 heavy (non-hydrogen) atoms. The van der Waals surface area contributed by atoms with Crippen molar-refractivity contribution in [3.8, 4) is 5.75 Å². The molecule has 0 spiro atoms. The minimum atomic E-state index is -2.99. The normalized spacial score (nSPS) is 10.6. The first-order valence-corrected chi connectivity index (χ1v) is 7.77. The number of carbonyl (C=O) groups is 2. The fourth-order valence-corrected chi connectivity index (χ4v) is 2.81. The molecule has 122 valence electrons. The van der Waals surface area contributed by atoms with Crippen LogP contribution in [0.3, 0.4) is 0 Å². The van der Waals surface area contributed by atoms with Gasteiger partial charge in [-0.3, -0.25) is 9.59 Å². The number of para-hydroxylation sites is 2. The van der Waals surface area contributed by atoms with Crippen LogP contribution in [0.2, 0.25) is 4.34 Å². The van der Waals surface area contributed by atoms with E-state index in [0.29, 0.717) is 9.21 Å². The molecule has 0 fully saturated rings. The molecule has 0 saturated heterocycles. The number of ether oxygens (including phenoxy) is 1. The van der Waals surface area contributed by atoms with Crippen molar-refractivity contribution in [3.63, 3.8) is 0 Å². The van der Waals surface area contributed by atoms with Gasteiger partial charge in [0.15, 0.2) is 5.78 Å². The maximum atomic E-state index is 12.3. The van der Waals surface area contributed by atoms with Crippen LogP contribution in [0, 0.1) is 0 Å². The summed E-state index contributed by atoms with van der Waals surface area (Å²) in [6.45, 7) is -2.99. The quantitative estimate of drug-likeness (QED) is 0.735. The van der Waals surface area contributed by atoms with E-state index >= 15 is 0 Å². The van der Waals surface area contributed by atoms with Crippen LogP contribution >= 0.6 is 22.9 Å². The molecule has 4 nitrogen and oxygen atoms in total. The molecule has 0 aliphatic heterocycles. The fraction of sp³-hybridized carbons (Fsp3) is 0.200. The monoisotopic (exact) mass is 359 g/mol. The maximum Gasteiger partial charge on any atom is 0.387 e. The van der Waals surface area contributed by atoms with Crippen LogP contribution < -0.4 is 10.1 Å². The van der Waals surface area contributed by atoms with Gasteiger partial charge in [-0.1, -0.05) is 23.7 Å². The third-order valence-electron chi connectivity index (χ3n) is 2.80. The molecule has 1 heterocycles. The Morgan fingerprint density at radius 1 is 1.17 bits per heavy atom. The van der Waals surface area contributed by atoms with Crippen molar-refractivity contribution in [1.82, 2.24) is 0 Å². The molecular weight excluding hydrogens is 348 g/mol. The molecule has 1 N–H and O–H groups in total. The predicted octanol–water partition coefficient (Wildman–Crippen LogP) is 4.60. The lowest BCUT2D eigenvalue weighted by Gasteiger charge is -2.11. The molecule has 1 amide bonds. The Bertz CT molecular complexity index is 706. The second-order valence-corrected chi connectivity index (χ2v) is 6.16. The molecule has 1 aromatic heterocycles. The number of halogens is 3. The van der Waals surface area contributed by atoms with Crippen molar-refractivity contribution in [2.45, 2.75) is 19.5 Å². The van der Waals surface area contributed by atoms with Crippen molar-refractivity contribution >= 4 is 40.3 Å². The number of benzene rings is 1. The molecule has 0 saturated carbocycles. The number of amides is 1. The fourth-order valence-electron chi connectivity index (χ4n) is 1.80. The zero-order chi connectivity index (χ0) is 16.8. The Hall–Kier alpha value is -1.99. The van der Waals surface area contributed by atoms with Crippen molar-refractivity contribution in [1.29, 1.82) is 0 Å². The number of Topliss-reactive ketones (excluding diaryl/α,β-unsaturated/α-hetero) is 1. The molecule has 0 aliphatic carbocycles. The lowest BCUT2D eigenvalue weighted by molar-refractivity contribution is -0.116. The van der Waals surface area contributed by atoms with E-state index < -0.39 is 12.5 Å².